The van der Waals surface area contributed by atoms with Gasteiger partial charge in [-0.05, 0) is 48.7 Å². The van der Waals surface area contributed by atoms with Crippen LogP contribution in [0.3, 0.4) is 0 Å². The first-order chi connectivity index (χ1) is 10.1. The van der Waals surface area contributed by atoms with E-state index in [4.69, 9.17) is 4.74 Å². The molecule has 3 heteroatoms. The molecule has 0 aliphatic heterocycles. The van der Waals surface area contributed by atoms with Crippen molar-refractivity contribution in [3.8, 4) is 5.75 Å². The van der Waals surface area contributed by atoms with Crippen molar-refractivity contribution < 1.29 is 4.74 Å². The van der Waals surface area contributed by atoms with E-state index in [0.29, 0.717) is 6.04 Å². The van der Waals surface area contributed by atoms with E-state index in [1.807, 2.05) is 12.1 Å². The molecule has 2 atom stereocenters. The predicted octanol–water partition coefficient (Wildman–Crippen LogP) is 5.26. The Balaban J connectivity index is 2.11. The molecule has 0 radical (unpaired) electrons. The minimum absolute atomic E-state index is 0.272. The van der Waals surface area contributed by atoms with Crippen molar-refractivity contribution in [3.63, 3.8) is 0 Å². The zero-order chi connectivity index (χ0) is 15.2. The maximum atomic E-state index is 5.30. The minimum atomic E-state index is 0.272. The molecular formula is C18H22BrNO. The summed E-state index contributed by atoms with van der Waals surface area (Å²) in [7, 11) is 1.70. The Morgan fingerprint density at radius 1 is 1.10 bits per heavy atom. The summed E-state index contributed by atoms with van der Waals surface area (Å²) >= 11 is 3.49. The van der Waals surface area contributed by atoms with Crippen LogP contribution in [0.1, 0.15) is 43.5 Å². The largest absolute Gasteiger partial charge is 0.497 e. The van der Waals surface area contributed by atoms with Gasteiger partial charge in [-0.3, -0.25) is 0 Å². The van der Waals surface area contributed by atoms with Gasteiger partial charge in [-0.1, -0.05) is 47.1 Å². The second kappa shape index (κ2) is 7.62. The van der Waals surface area contributed by atoms with Crippen LogP contribution in [0.25, 0.3) is 0 Å². The Bertz CT molecular complexity index is 568. The number of benzene rings is 2. The lowest BCUT2D eigenvalue weighted by atomic mass is 10.0. The molecule has 2 aromatic rings. The minimum Gasteiger partial charge on any atom is -0.497 e. The number of ether oxygens (including phenoxy) is 1. The summed E-state index contributed by atoms with van der Waals surface area (Å²) < 4.78 is 6.41. The van der Waals surface area contributed by atoms with Gasteiger partial charge in [-0.15, -0.1) is 0 Å². The van der Waals surface area contributed by atoms with Gasteiger partial charge in [0.05, 0.1) is 7.11 Å². The molecule has 0 aliphatic rings. The van der Waals surface area contributed by atoms with Crippen molar-refractivity contribution in [1.82, 2.24) is 5.32 Å². The van der Waals surface area contributed by atoms with Gasteiger partial charge in [0, 0.05) is 16.6 Å². The van der Waals surface area contributed by atoms with Gasteiger partial charge in [-0.2, -0.15) is 0 Å². The second-order valence-corrected chi connectivity index (χ2v) is 6.09. The molecule has 0 saturated carbocycles. The third kappa shape index (κ3) is 4.32. The average molecular weight is 348 g/mol. The van der Waals surface area contributed by atoms with Gasteiger partial charge < -0.3 is 10.1 Å². The number of hydrogen-bond donors (Lipinski definition) is 1. The van der Waals surface area contributed by atoms with E-state index >= 15 is 0 Å². The Morgan fingerprint density at radius 2 is 1.81 bits per heavy atom. The summed E-state index contributed by atoms with van der Waals surface area (Å²) in [6.07, 6.45) is 1.05. The van der Waals surface area contributed by atoms with Crippen LogP contribution in [-0.4, -0.2) is 7.11 Å². The number of methoxy groups -OCH3 is 1. The van der Waals surface area contributed by atoms with E-state index in [1.54, 1.807) is 7.11 Å². The Labute approximate surface area is 135 Å². The van der Waals surface area contributed by atoms with E-state index in [1.165, 1.54) is 11.1 Å². The Kier molecular flexibility index (Phi) is 5.83. The van der Waals surface area contributed by atoms with Crippen molar-refractivity contribution >= 4 is 15.9 Å². The predicted molar refractivity (Wildman–Crippen MR) is 91.7 cm³/mol. The van der Waals surface area contributed by atoms with Crippen LogP contribution in [-0.2, 0) is 0 Å². The maximum Gasteiger partial charge on any atom is 0.119 e. The fourth-order valence-corrected chi connectivity index (χ4v) is 2.72. The smallest absolute Gasteiger partial charge is 0.119 e. The van der Waals surface area contributed by atoms with Gasteiger partial charge in [0.15, 0.2) is 0 Å². The van der Waals surface area contributed by atoms with Crippen LogP contribution < -0.4 is 10.1 Å². The van der Waals surface area contributed by atoms with E-state index in [0.717, 1.165) is 16.6 Å². The zero-order valence-electron chi connectivity index (χ0n) is 12.8. The molecule has 0 spiro atoms. The summed E-state index contributed by atoms with van der Waals surface area (Å²) in [5.41, 5.74) is 2.56. The lowest BCUT2D eigenvalue weighted by molar-refractivity contribution is 0.411. The first-order valence-electron chi connectivity index (χ1n) is 7.29. The van der Waals surface area contributed by atoms with E-state index in [2.05, 4.69) is 71.5 Å². The highest BCUT2D eigenvalue weighted by atomic mass is 79.9. The molecule has 2 rings (SSSR count). The van der Waals surface area contributed by atoms with E-state index in [-0.39, 0.29) is 6.04 Å². The van der Waals surface area contributed by atoms with Crippen LogP contribution in [0, 0.1) is 0 Å². The molecule has 1 unspecified atom stereocenters. The standard InChI is InChI=1S/C18H22BrNO/c1-4-18(14-8-10-16(19)11-9-14)20-13(2)15-6-5-7-17(12-15)21-3/h5-13,18,20H,4H2,1-3H3/t13-,18?/m0/s1. The van der Waals surface area contributed by atoms with Gasteiger partial charge in [0.25, 0.3) is 0 Å². The molecule has 112 valence electrons. The van der Waals surface area contributed by atoms with Crippen LogP contribution in [0.4, 0.5) is 0 Å². The van der Waals surface area contributed by atoms with Gasteiger partial charge in [0.1, 0.15) is 5.75 Å². The second-order valence-electron chi connectivity index (χ2n) is 5.18. The van der Waals surface area contributed by atoms with Crippen molar-refractivity contribution in [2.45, 2.75) is 32.4 Å². The monoisotopic (exact) mass is 347 g/mol. The van der Waals surface area contributed by atoms with Crippen molar-refractivity contribution in [3.05, 3.63) is 64.1 Å². The topological polar surface area (TPSA) is 21.3 Å². The number of hydrogen-bond acceptors (Lipinski definition) is 2. The van der Waals surface area contributed by atoms with E-state index in [9.17, 15) is 0 Å². The average Bonchev–Trinajstić information content (AvgIpc) is 2.53. The Morgan fingerprint density at radius 3 is 2.43 bits per heavy atom. The summed E-state index contributed by atoms with van der Waals surface area (Å²) in [5.74, 6) is 0.901. The molecule has 0 amide bonds. The van der Waals surface area contributed by atoms with Crippen LogP contribution >= 0.6 is 15.9 Å². The molecular weight excluding hydrogens is 326 g/mol. The quantitative estimate of drug-likeness (QED) is 0.769. The molecule has 0 heterocycles. The fourth-order valence-electron chi connectivity index (χ4n) is 2.45. The highest BCUT2D eigenvalue weighted by Gasteiger charge is 2.14. The third-order valence-corrected chi connectivity index (χ3v) is 4.25. The van der Waals surface area contributed by atoms with Gasteiger partial charge in [0.2, 0.25) is 0 Å². The van der Waals surface area contributed by atoms with Crippen LogP contribution in [0.5, 0.6) is 5.75 Å². The van der Waals surface area contributed by atoms with Crippen LogP contribution in [0.2, 0.25) is 0 Å². The number of nitrogens with one attached hydrogen (secondary N) is 1. The summed E-state index contributed by atoms with van der Waals surface area (Å²) in [5, 5.41) is 3.70. The molecule has 0 bridgehead atoms. The maximum absolute atomic E-state index is 5.30. The van der Waals surface area contributed by atoms with Crippen LogP contribution in [0.15, 0.2) is 53.0 Å². The SMILES string of the molecule is CCC(N[C@@H](C)c1cccc(OC)c1)c1ccc(Br)cc1. The van der Waals surface area contributed by atoms with Crippen molar-refractivity contribution in [2.75, 3.05) is 7.11 Å². The third-order valence-electron chi connectivity index (χ3n) is 3.73. The lowest BCUT2D eigenvalue weighted by Crippen LogP contribution is -2.24. The molecule has 2 aromatic carbocycles. The summed E-state index contributed by atoms with van der Waals surface area (Å²) in [6, 6.07) is 17.4. The molecule has 21 heavy (non-hydrogen) atoms. The highest BCUT2D eigenvalue weighted by Crippen LogP contribution is 2.25. The lowest BCUT2D eigenvalue weighted by Gasteiger charge is -2.23. The number of rotatable bonds is 6. The first-order valence-corrected chi connectivity index (χ1v) is 8.08. The molecule has 0 saturated heterocycles. The summed E-state index contributed by atoms with van der Waals surface area (Å²) in [6.45, 7) is 4.40. The molecule has 0 aliphatic carbocycles. The van der Waals surface area contributed by atoms with Crippen molar-refractivity contribution in [2.24, 2.45) is 0 Å². The molecule has 1 N–H and O–H groups in total. The van der Waals surface area contributed by atoms with Gasteiger partial charge >= 0.3 is 0 Å². The first kappa shape index (κ1) is 16.1. The zero-order valence-corrected chi connectivity index (χ0v) is 14.4. The van der Waals surface area contributed by atoms with E-state index < -0.39 is 0 Å². The fraction of sp³-hybridized carbons (Fsp3) is 0.333. The number of halogens is 1. The highest BCUT2D eigenvalue weighted by molar-refractivity contribution is 9.10. The van der Waals surface area contributed by atoms with Crippen molar-refractivity contribution in [1.29, 1.82) is 0 Å². The van der Waals surface area contributed by atoms with Gasteiger partial charge in [-0.25, -0.2) is 0 Å². The molecule has 0 fully saturated rings. The Hall–Kier alpha value is -1.32. The normalized spacial score (nSPS) is 13.7. The molecule has 0 aromatic heterocycles. The summed E-state index contributed by atoms with van der Waals surface area (Å²) in [4.78, 5) is 0. The molecule has 2 nitrogen and oxygen atoms in total.